The van der Waals surface area contributed by atoms with Crippen LogP contribution in [0.3, 0.4) is 0 Å². The summed E-state index contributed by atoms with van der Waals surface area (Å²) in [6, 6.07) is 10.3. The van der Waals surface area contributed by atoms with E-state index in [1.807, 2.05) is 0 Å². The van der Waals surface area contributed by atoms with Gasteiger partial charge in [0.05, 0.1) is 0 Å². The second-order valence-corrected chi connectivity index (χ2v) is 4.60. The standard InChI is InChI=1S/C15H11NO3/c17-13-8-15(14(18)19,10-4-3-7-16-9-10)12-6-2-1-5-11(12)13/h1-7,9H,8H2,(H,18,19). The molecular formula is C15H11NO3. The highest BCUT2D eigenvalue weighted by Gasteiger charge is 2.50. The third kappa shape index (κ3) is 1.50. The Morgan fingerprint density at radius 1 is 1.21 bits per heavy atom. The predicted molar refractivity (Wildman–Crippen MR) is 68.0 cm³/mol. The monoisotopic (exact) mass is 253 g/mol. The van der Waals surface area contributed by atoms with E-state index in [4.69, 9.17) is 0 Å². The lowest BCUT2D eigenvalue weighted by atomic mass is 9.76. The van der Waals surface area contributed by atoms with Crippen LogP contribution in [0.5, 0.6) is 0 Å². The van der Waals surface area contributed by atoms with Gasteiger partial charge >= 0.3 is 5.97 Å². The molecule has 1 aromatic carbocycles. The lowest BCUT2D eigenvalue weighted by Crippen LogP contribution is -2.35. The number of nitrogens with zero attached hydrogens (tertiary/aromatic N) is 1. The zero-order valence-corrected chi connectivity index (χ0v) is 10.0. The first-order valence-corrected chi connectivity index (χ1v) is 5.93. The van der Waals surface area contributed by atoms with Gasteiger partial charge < -0.3 is 5.11 Å². The molecule has 0 saturated heterocycles. The van der Waals surface area contributed by atoms with Crippen molar-refractivity contribution in [2.24, 2.45) is 0 Å². The second kappa shape index (κ2) is 4.02. The number of aliphatic carboxylic acids is 1. The summed E-state index contributed by atoms with van der Waals surface area (Å²) in [5.74, 6) is -1.15. The fourth-order valence-corrected chi connectivity index (χ4v) is 2.72. The van der Waals surface area contributed by atoms with Gasteiger partial charge in [0, 0.05) is 24.4 Å². The van der Waals surface area contributed by atoms with Gasteiger partial charge in [0.1, 0.15) is 5.41 Å². The lowest BCUT2D eigenvalue weighted by molar-refractivity contribution is -0.141. The minimum absolute atomic E-state index is 0.0482. The van der Waals surface area contributed by atoms with Crippen LogP contribution in [0.2, 0.25) is 0 Å². The third-order valence-electron chi connectivity index (χ3n) is 3.63. The number of carboxylic acids is 1. The lowest BCUT2D eigenvalue weighted by Gasteiger charge is -2.24. The van der Waals surface area contributed by atoms with Crippen molar-refractivity contribution in [2.75, 3.05) is 0 Å². The number of rotatable bonds is 2. The topological polar surface area (TPSA) is 67.3 Å². The largest absolute Gasteiger partial charge is 0.480 e. The summed E-state index contributed by atoms with van der Waals surface area (Å²) in [7, 11) is 0. The minimum atomic E-state index is -1.30. The smallest absolute Gasteiger partial charge is 0.319 e. The fraction of sp³-hybridized carbons (Fsp3) is 0.133. The van der Waals surface area contributed by atoms with E-state index >= 15 is 0 Å². The van der Waals surface area contributed by atoms with Crippen molar-refractivity contribution in [3.05, 3.63) is 65.5 Å². The first kappa shape index (κ1) is 11.6. The van der Waals surface area contributed by atoms with Crippen LogP contribution in [-0.2, 0) is 10.2 Å². The molecule has 94 valence electrons. The molecule has 2 aromatic rings. The average molecular weight is 253 g/mol. The van der Waals surface area contributed by atoms with Gasteiger partial charge in [0.15, 0.2) is 5.78 Å². The van der Waals surface area contributed by atoms with E-state index in [0.29, 0.717) is 16.7 Å². The molecule has 0 saturated carbocycles. The molecule has 1 unspecified atom stereocenters. The number of aromatic nitrogens is 1. The Morgan fingerprint density at radius 3 is 2.68 bits per heavy atom. The summed E-state index contributed by atoms with van der Waals surface area (Å²) >= 11 is 0. The van der Waals surface area contributed by atoms with Crippen LogP contribution in [0, 0.1) is 0 Å². The maximum Gasteiger partial charge on any atom is 0.319 e. The second-order valence-electron chi connectivity index (χ2n) is 4.60. The summed E-state index contributed by atoms with van der Waals surface area (Å²) in [5, 5.41) is 9.70. The SMILES string of the molecule is O=C1CC(C(=O)O)(c2cccnc2)c2ccccc21. The highest BCUT2D eigenvalue weighted by Crippen LogP contribution is 2.43. The van der Waals surface area contributed by atoms with E-state index < -0.39 is 11.4 Å². The van der Waals surface area contributed by atoms with Crippen LogP contribution in [0.25, 0.3) is 0 Å². The maximum absolute atomic E-state index is 12.1. The first-order chi connectivity index (χ1) is 9.16. The normalized spacial score (nSPS) is 21.2. The van der Waals surface area contributed by atoms with Crippen molar-refractivity contribution in [2.45, 2.75) is 11.8 Å². The minimum Gasteiger partial charge on any atom is -0.480 e. The van der Waals surface area contributed by atoms with Gasteiger partial charge in [-0.1, -0.05) is 30.3 Å². The summed E-state index contributed by atoms with van der Waals surface area (Å²) in [5.41, 5.74) is 0.289. The molecule has 4 nitrogen and oxygen atoms in total. The van der Waals surface area contributed by atoms with E-state index in [-0.39, 0.29) is 12.2 Å². The molecule has 4 heteroatoms. The van der Waals surface area contributed by atoms with Crippen LogP contribution in [0.15, 0.2) is 48.8 Å². The number of pyridine rings is 1. The van der Waals surface area contributed by atoms with E-state index in [1.54, 1.807) is 42.6 Å². The predicted octanol–water partition coefficient (Wildman–Crippen LogP) is 2.04. The molecule has 1 aliphatic carbocycles. The fourth-order valence-electron chi connectivity index (χ4n) is 2.72. The Bertz CT molecular complexity index is 666. The van der Waals surface area contributed by atoms with E-state index in [2.05, 4.69) is 4.98 Å². The maximum atomic E-state index is 12.1. The van der Waals surface area contributed by atoms with Crippen LogP contribution >= 0.6 is 0 Å². The average Bonchev–Trinajstić information content (AvgIpc) is 2.75. The highest BCUT2D eigenvalue weighted by atomic mass is 16.4. The summed E-state index contributed by atoms with van der Waals surface area (Å²) in [6.07, 6.45) is 3.05. The van der Waals surface area contributed by atoms with Gasteiger partial charge in [-0.3, -0.25) is 14.6 Å². The van der Waals surface area contributed by atoms with Gasteiger partial charge in [-0.25, -0.2) is 0 Å². The molecule has 0 fully saturated rings. The summed E-state index contributed by atoms with van der Waals surface area (Å²) in [4.78, 5) is 27.9. The van der Waals surface area contributed by atoms with Crippen molar-refractivity contribution in [1.82, 2.24) is 4.98 Å². The van der Waals surface area contributed by atoms with E-state index in [1.165, 1.54) is 6.20 Å². The van der Waals surface area contributed by atoms with Crippen LogP contribution < -0.4 is 0 Å². The summed E-state index contributed by atoms with van der Waals surface area (Å²) < 4.78 is 0. The molecule has 1 N–H and O–H groups in total. The van der Waals surface area contributed by atoms with Crippen molar-refractivity contribution >= 4 is 11.8 Å². The molecule has 1 aromatic heterocycles. The Hall–Kier alpha value is -2.49. The molecular weight excluding hydrogens is 242 g/mol. The van der Waals surface area contributed by atoms with Crippen LogP contribution in [0.1, 0.15) is 27.9 Å². The van der Waals surface area contributed by atoms with Crippen LogP contribution in [-0.4, -0.2) is 21.8 Å². The molecule has 0 radical (unpaired) electrons. The van der Waals surface area contributed by atoms with Gasteiger partial charge in [0.25, 0.3) is 0 Å². The number of carbonyl (C=O) groups excluding carboxylic acids is 1. The molecule has 0 spiro atoms. The number of Topliss-reactive ketones (excluding diaryl/α,β-unsaturated/α-hetero) is 1. The molecule has 3 rings (SSSR count). The van der Waals surface area contributed by atoms with Gasteiger partial charge in [0.2, 0.25) is 0 Å². The number of fused-ring (bicyclic) bond motifs is 1. The van der Waals surface area contributed by atoms with Gasteiger partial charge in [-0.05, 0) is 17.2 Å². The molecule has 1 aliphatic rings. The highest BCUT2D eigenvalue weighted by molar-refractivity contribution is 6.09. The number of benzene rings is 1. The number of carbonyl (C=O) groups is 2. The van der Waals surface area contributed by atoms with Gasteiger partial charge in [-0.15, -0.1) is 0 Å². The van der Waals surface area contributed by atoms with Crippen molar-refractivity contribution in [3.63, 3.8) is 0 Å². The molecule has 0 bridgehead atoms. The first-order valence-electron chi connectivity index (χ1n) is 5.93. The zero-order valence-electron chi connectivity index (χ0n) is 10.0. The molecule has 0 amide bonds. The Kier molecular flexibility index (Phi) is 2.45. The summed E-state index contributed by atoms with van der Waals surface area (Å²) in [6.45, 7) is 0. The Balaban J connectivity index is 2.31. The van der Waals surface area contributed by atoms with Crippen molar-refractivity contribution in [1.29, 1.82) is 0 Å². The molecule has 1 heterocycles. The number of carboxylic acid groups (broad SMARTS) is 1. The number of hydrogen-bond donors (Lipinski definition) is 1. The zero-order chi connectivity index (χ0) is 13.5. The van der Waals surface area contributed by atoms with Gasteiger partial charge in [-0.2, -0.15) is 0 Å². The molecule has 1 atom stereocenters. The Labute approximate surface area is 109 Å². The van der Waals surface area contributed by atoms with Crippen LogP contribution in [0.4, 0.5) is 0 Å². The van der Waals surface area contributed by atoms with E-state index in [0.717, 1.165) is 0 Å². The van der Waals surface area contributed by atoms with Crippen molar-refractivity contribution in [3.8, 4) is 0 Å². The molecule has 0 aliphatic heterocycles. The van der Waals surface area contributed by atoms with E-state index in [9.17, 15) is 14.7 Å². The molecule has 19 heavy (non-hydrogen) atoms. The van der Waals surface area contributed by atoms with Crippen molar-refractivity contribution < 1.29 is 14.7 Å². The third-order valence-corrected chi connectivity index (χ3v) is 3.63. The quantitative estimate of drug-likeness (QED) is 0.889. The number of ketones is 1. The number of hydrogen-bond acceptors (Lipinski definition) is 3. The Morgan fingerprint density at radius 2 is 2.00 bits per heavy atom.